The number of aliphatic hydroxyl groups excluding tert-OH is 1. The summed E-state index contributed by atoms with van der Waals surface area (Å²) in [4.78, 5) is 10.8. The molecule has 0 spiro atoms. The fraction of sp³-hybridized carbons (Fsp3) is 0.333. The number of halogens is 1. The summed E-state index contributed by atoms with van der Waals surface area (Å²) >= 11 is 3.33. The maximum Gasteiger partial charge on any atom is 0.191 e. The number of thiophene rings is 1. The van der Waals surface area contributed by atoms with E-state index in [0.29, 0.717) is 19.0 Å². The number of nitrogens with zero attached hydrogens (tertiary/aromatic N) is 2. The zero-order chi connectivity index (χ0) is 17.6. The topological polar surface area (TPSA) is 69.5 Å². The molecule has 0 radical (unpaired) electrons. The summed E-state index contributed by atoms with van der Waals surface area (Å²) in [6.07, 6.45) is 2.36. The molecule has 0 bridgehead atoms. The van der Waals surface area contributed by atoms with Crippen molar-refractivity contribution >= 4 is 62.7 Å². The molecule has 2 aromatic heterocycles. The van der Waals surface area contributed by atoms with Crippen LogP contribution in [0, 0.1) is 0 Å². The summed E-state index contributed by atoms with van der Waals surface area (Å²) in [6, 6.07) is 10.2. The van der Waals surface area contributed by atoms with Gasteiger partial charge in [0.05, 0.1) is 6.54 Å². The standard InChI is InChI=1S/C18H22N4OS2.HI/c1-3-13-9-20-17(24-13)11-22-18(19-2)21-10-14(23)16-8-12-6-4-5-7-15(12)25-16;/h4-9,14,23H,3,10-11H2,1-2H3,(H2,19,21,22);1H. The van der Waals surface area contributed by atoms with Gasteiger partial charge >= 0.3 is 0 Å². The van der Waals surface area contributed by atoms with Gasteiger partial charge in [0.25, 0.3) is 0 Å². The van der Waals surface area contributed by atoms with Gasteiger partial charge in [0.2, 0.25) is 0 Å². The molecule has 26 heavy (non-hydrogen) atoms. The largest absolute Gasteiger partial charge is 0.386 e. The number of aromatic nitrogens is 1. The fourth-order valence-electron chi connectivity index (χ4n) is 2.43. The van der Waals surface area contributed by atoms with Crippen LogP contribution in [0.3, 0.4) is 0 Å². The maximum absolute atomic E-state index is 10.4. The van der Waals surface area contributed by atoms with Gasteiger partial charge in [-0.15, -0.1) is 46.7 Å². The van der Waals surface area contributed by atoms with E-state index in [4.69, 9.17) is 0 Å². The van der Waals surface area contributed by atoms with E-state index < -0.39 is 6.10 Å². The maximum atomic E-state index is 10.4. The predicted octanol–water partition coefficient (Wildman–Crippen LogP) is 3.94. The highest BCUT2D eigenvalue weighted by Crippen LogP contribution is 2.29. The van der Waals surface area contributed by atoms with Crippen LogP contribution < -0.4 is 10.6 Å². The highest BCUT2D eigenvalue weighted by molar-refractivity contribution is 14.0. The number of thiazole rings is 1. The SMILES string of the molecule is CCc1cnc(CNC(=NC)NCC(O)c2cc3ccccc3s2)s1.I. The van der Waals surface area contributed by atoms with Gasteiger partial charge in [-0.25, -0.2) is 4.98 Å². The van der Waals surface area contributed by atoms with Crippen molar-refractivity contribution in [2.24, 2.45) is 4.99 Å². The van der Waals surface area contributed by atoms with Crippen molar-refractivity contribution in [2.45, 2.75) is 26.0 Å². The average Bonchev–Trinajstić information content (AvgIpc) is 3.28. The van der Waals surface area contributed by atoms with Gasteiger partial charge < -0.3 is 15.7 Å². The van der Waals surface area contributed by atoms with Crippen molar-refractivity contribution in [3.63, 3.8) is 0 Å². The van der Waals surface area contributed by atoms with E-state index in [1.807, 2.05) is 24.4 Å². The molecule has 1 atom stereocenters. The normalized spacial score (nSPS) is 12.7. The summed E-state index contributed by atoms with van der Waals surface area (Å²) in [6.45, 7) is 3.16. The molecule has 5 nitrogen and oxygen atoms in total. The lowest BCUT2D eigenvalue weighted by molar-refractivity contribution is 0.184. The van der Waals surface area contributed by atoms with Gasteiger partial charge in [-0.2, -0.15) is 0 Å². The minimum absolute atomic E-state index is 0. The molecular weight excluding hydrogens is 479 g/mol. The van der Waals surface area contributed by atoms with E-state index >= 15 is 0 Å². The fourth-order valence-corrected chi connectivity index (χ4v) is 4.29. The molecule has 8 heteroatoms. The third kappa shape index (κ3) is 5.38. The van der Waals surface area contributed by atoms with Gasteiger partial charge in [0.1, 0.15) is 11.1 Å². The van der Waals surface area contributed by atoms with E-state index in [1.165, 1.54) is 15.0 Å². The van der Waals surface area contributed by atoms with E-state index in [2.05, 4.69) is 39.7 Å². The molecule has 3 rings (SSSR count). The molecule has 3 N–H and O–H groups in total. The summed E-state index contributed by atoms with van der Waals surface area (Å²) < 4.78 is 1.19. The molecule has 140 valence electrons. The second-order valence-electron chi connectivity index (χ2n) is 5.58. The Hall–Kier alpha value is -1.23. The van der Waals surface area contributed by atoms with Crippen molar-refractivity contribution in [1.82, 2.24) is 15.6 Å². The first-order valence-corrected chi connectivity index (χ1v) is 9.87. The Kier molecular flexibility index (Phi) is 8.26. The molecule has 0 aliphatic rings. The quantitative estimate of drug-likeness (QED) is 0.272. The zero-order valence-corrected chi connectivity index (χ0v) is 18.7. The molecule has 0 fully saturated rings. The molecule has 0 saturated heterocycles. The Morgan fingerprint density at radius 3 is 2.77 bits per heavy atom. The van der Waals surface area contributed by atoms with Crippen LogP contribution in [0.1, 0.15) is 27.8 Å². The Morgan fingerprint density at radius 2 is 2.08 bits per heavy atom. The minimum atomic E-state index is -0.567. The van der Waals surface area contributed by atoms with E-state index in [9.17, 15) is 5.11 Å². The minimum Gasteiger partial charge on any atom is -0.386 e. The monoisotopic (exact) mass is 502 g/mol. The summed E-state index contributed by atoms with van der Waals surface area (Å²) in [7, 11) is 1.72. The van der Waals surface area contributed by atoms with Gasteiger partial charge in [-0.05, 0) is 23.9 Å². The number of hydrogen-bond donors (Lipinski definition) is 3. The van der Waals surface area contributed by atoms with Gasteiger partial charge in [-0.1, -0.05) is 25.1 Å². The van der Waals surface area contributed by atoms with Crippen molar-refractivity contribution in [1.29, 1.82) is 0 Å². The van der Waals surface area contributed by atoms with Gasteiger partial charge in [-0.3, -0.25) is 4.99 Å². The third-order valence-corrected chi connectivity index (χ3v) is 6.18. The number of guanidine groups is 1. The van der Waals surface area contributed by atoms with Crippen LogP contribution >= 0.6 is 46.7 Å². The Morgan fingerprint density at radius 1 is 1.27 bits per heavy atom. The number of rotatable bonds is 6. The first-order chi connectivity index (χ1) is 12.2. The van der Waals surface area contributed by atoms with Crippen LogP contribution in [-0.4, -0.2) is 29.6 Å². The summed E-state index contributed by atoms with van der Waals surface area (Å²) in [5.41, 5.74) is 0. The molecule has 0 saturated carbocycles. The number of hydrogen-bond acceptors (Lipinski definition) is 5. The summed E-state index contributed by atoms with van der Waals surface area (Å²) in [5, 5.41) is 19.1. The van der Waals surface area contributed by atoms with Crippen LogP contribution in [0.4, 0.5) is 0 Å². The highest BCUT2D eigenvalue weighted by atomic mass is 127. The van der Waals surface area contributed by atoms with Crippen molar-refractivity contribution in [2.75, 3.05) is 13.6 Å². The van der Waals surface area contributed by atoms with Crippen LogP contribution in [0.15, 0.2) is 41.5 Å². The molecular formula is C18H23IN4OS2. The first kappa shape index (κ1) is 21.1. The van der Waals surface area contributed by atoms with Crippen LogP contribution in [-0.2, 0) is 13.0 Å². The lowest BCUT2D eigenvalue weighted by Crippen LogP contribution is -2.38. The molecule has 0 aliphatic heterocycles. The molecule has 1 unspecified atom stereocenters. The molecule has 2 heterocycles. The number of aliphatic hydroxyl groups is 1. The molecule has 0 aliphatic carbocycles. The number of fused-ring (bicyclic) bond motifs is 1. The molecule has 0 amide bonds. The van der Waals surface area contributed by atoms with Crippen molar-refractivity contribution in [3.05, 3.63) is 51.3 Å². The second-order valence-corrected chi connectivity index (χ2v) is 7.90. The van der Waals surface area contributed by atoms with Gasteiger partial charge in [0.15, 0.2) is 5.96 Å². The smallest absolute Gasteiger partial charge is 0.191 e. The number of nitrogens with one attached hydrogen (secondary N) is 2. The average molecular weight is 502 g/mol. The third-order valence-electron chi connectivity index (χ3n) is 3.82. The first-order valence-electron chi connectivity index (χ1n) is 8.24. The second kappa shape index (κ2) is 10.2. The number of aliphatic imine (C=N–C) groups is 1. The lowest BCUT2D eigenvalue weighted by Gasteiger charge is -2.14. The Bertz CT molecular complexity index is 829. The van der Waals surface area contributed by atoms with E-state index in [0.717, 1.165) is 16.3 Å². The summed E-state index contributed by atoms with van der Waals surface area (Å²) in [5.74, 6) is 0.661. The molecule has 3 aromatic rings. The number of benzene rings is 1. The number of aryl methyl sites for hydroxylation is 1. The van der Waals surface area contributed by atoms with Crippen LogP contribution in [0.2, 0.25) is 0 Å². The van der Waals surface area contributed by atoms with Crippen molar-refractivity contribution in [3.8, 4) is 0 Å². The Labute approximate surface area is 178 Å². The van der Waals surface area contributed by atoms with Crippen LogP contribution in [0.25, 0.3) is 10.1 Å². The predicted molar refractivity (Wildman–Crippen MR) is 122 cm³/mol. The van der Waals surface area contributed by atoms with Gasteiger partial charge in [0, 0.05) is 34.2 Å². The highest BCUT2D eigenvalue weighted by Gasteiger charge is 2.12. The van der Waals surface area contributed by atoms with Crippen molar-refractivity contribution < 1.29 is 5.11 Å². The van der Waals surface area contributed by atoms with E-state index in [-0.39, 0.29) is 24.0 Å². The molecule has 1 aromatic carbocycles. The zero-order valence-electron chi connectivity index (χ0n) is 14.7. The Balaban J connectivity index is 0.00000243. The van der Waals surface area contributed by atoms with Crippen LogP contribution in [0.5, 0.6) is 0 Å². The van der Waals surface area contributed by atoms with E-state index in [1.54, 1.807) is 29.7 Å². The lowest BCUT2D eigenvalue weighted by atomic mass is 10.2.